The highest BCUT2D eigenvalue weighted by Gasteiger charge is 2.15. The summed E-state index contributed by atoms with van der Waals surface area (Å²) >= 11 is 0. The molecule has 0 aromatic heterocycles. The molecule has 102 valence electrons. The lowest BCUT2D eigenvalue weighted by molar-refractivity contribution is -0.140. The number of methoxy groups -OCH3 is 1. The Morgan fingerprint density at radius 2 is 2.00 bits per heavy atom. The Morgan fingerprint density at radius 1 is 1.39 bits per heavy atom. The summed E-state index contributed by atoms with van der Waals surface area (Å²) in [6.07, 6.45) is 4.50. The van der Waals surface area contributed by atoms with Crippen molar-refractivity contribution < 1.29 is 24.5 Å². The summed E-state index contributed by atoms with van der Waals surface area (Å²) in [6.45, 7) is 3.41. The quantitative estimate of drug-likeness (QED) is 0.410. The Hall–Kier alpha value is -1.62. The maximum atomic E-state index is 11.0. The molecule has 2 N–H and O–H groups in total. The molecule has 0 aromatic carbocycles. The van der Waals surface area contributed by atoms with E-state index in [1.165, 1.54) is 7.11 Å². The van der Waals surface area contributed by atoms with Crippen LogP contribution in [0.4, 0.5) is 0 Å². The van der Waals surface area contributed by atoms with Crippen molar-refractivity contribution in [3.8, 4) is 0 Å². The first kappa shape index (κ1) is 16.4. The van der Waals surface area contributed by atoms with Gasteiger partial charge < -0.3 is 14.9 Å². The Labute approximate surface area is 107 Å². The number of carboxylic acids is 1. The van der Waals surface area contributed by atoms with Crippen LogP contribution in [0.25, 0.3) is 0 Å². The Balaban J connectivity index is 4.16. The predicted octanol–water partition coefficient (Wildman–Crippen LogP) is 1.52. The van der Waals surface area contributed by atoms with E-state index in [4.69, 9.17) is 5.11 Å². The second kappa shape index (κ2) is 8.47. The van der Waals surface area contributed by atoms with E-state index in [0.717, 1.165) is 0 Å². The minimum atomic E-state index is -1.01. The van der Waals surface area contributed by atoms with Gasteiger partial charge in [0, 0.05) is 5.57 Å². The molecule has 5 nitrogen and oxygen atoms in total. The molecule has 5 heteroatoms. The summed E-state index contributed by atoms with van der Waals surface area (Å²) in [6, 6.07) is 0. The van der Waals surface area contributed by atoms with Crippen LogP contribution < -0.4 is 0 Å². The van der Waals surface area contributed by atoms with Crippen molar-refractivity contribution in [2.24, 2.45) is 5.92 Å². The molecule has 0 spiro atoms. The molecule has 0 amide bonds. The second-order valence-corrected chi connectivity index (χ2v) is 4.15. The maximum absolute atomic E-state index is 11.0. The number of hydrogen-bond donors (Lipinski definition) is 2. The third-order valence-corrected chi connectivity index (χ3v) is 2.54. The van der Waals surface area contributed by atoms with Crippen LogP contribution >= 0.6 is 0 Å². The number of carbonyl (C=O) groups is 2. The van der Waals surface area contributed by atoms with Crippen LogP contribution in [0, 0.1) is 5.92 Å². The summed E-state index contributed by atoms with van der Waals surface area (Å²) in [5, 5.41) is 18.0. The molecule has 0 aliphatic rings. The fourth-order valence-electron chi connectivity index (χ4n) is 1.27. The topological polar surface area (TPSA) is 83.8 Å². The third-order valence-electron chi connectivity index (χ3n) is 2.54. The Kier molecular flexibility index (Phi) is 7.71. The van der Waals surface area contributed by atoms with E-state index < -0.39 is 18.0 Å². The van der Waals surface area contributed by atoms with Crippen molar-refractivity contribution in [3.05, 3.63) is 23.8 Å². The number of ether oxygens (including phenoxy) is 1. The van der Waals surface area contributed by atoms with Gasteiger partial charge in [-0.25, -0.2) is 4.79 Å². The van der Waals surface area contributed by atoms with Crippen LogP contribution in [0.5, 0.6) is 0 Å². The zero-order chi connectivity index (χ0) is 14.1. The molecule has 18 heavy (non-hydrogen) atoms. The van der Waals surface area contributed by atoms with E-state index in [9.17, 15) is 14.7 Å². The van der Waals surface area contributed by atoms with E-state index in [-0.39, 0.29) is 12.3 Å². The van der Waals surface area contributed by atoms with Crippen molar-refractivity contribution in [1.29, 1.82) is 0 Å². The molecule has 0 aromatic rings. The SMILES string of the molecule is COC(=O)C(C)=CC=CCC(C)C(O)CC(=O)O. The lowest BCUT2D eigenvalue weighted by Gasteiger charge is -2.14. The van der Waals surface area contributed by atoms with Crippen molar-refractivity contribution in [3.63, 3.8) is 0 Å². The molecular weight excluding hydrogens is 236 g/mol. The van der Waals surface area contributed by atoms with Gasteiger partial charge in [-0.3, -0.25) is 4.79 Å². The molecule has 0 rings (SSSR count). The fraction of sp³-hybridized carbons (Fsp3) is 0.538. The summed E-state index contributed by atoms with van der Waals surface area (Å²) in [7, 11) is 1.31. The average Bonchev–Trinajstić information content (AvgIpc) is 2.31. The third kappa shape index (κ3) is 6.85. The first-order chi connectivity index (χ1) is 8.38. The number of aliphatic carboxylic acids is 1. The molecule has 0 bridgehead atoms. The predicted molar refractivity (Wildman–Crippen MR) is 67.0 cm³/mol. The van der Waals surface area contributed by atoms with Gasteiger partial charge in [0.1, 0.15) is 0 Å². The van der Waals surface area contributed by atoms with Gasteiger partial charge in [0.05, 0.1) is 19.6 Å². The Bertz CT molecular complexity index is 343. The summed E-state index contributed by atoms with van der Waals surface area (Å²) in [5.41, 5.74) is 0.479. The summed E-state index contributed by atoms with van der Waals surface area (Å²) in [4.78, 5) is 21.4. The van der Waals surface area contributed by atoms with E-state index in [1.54, 1.807) is 32.1 Å². The zero-order valence-corrected chi connectivity index (χ0v) is 10.9. The number of aliphatic hydroxyl groups is 1. The van der Waals surface area contributed by atoms with Crippen molar-refractivity contribution in [2.45, 2.75) is 32.8 Å². The van der Waals surface area contributed by atoms with E-state index in [2.05, 4.69) is 4.74 Å². The first-order valence-electron chi connectivity index (χ1n) is 5.70. The molecular formula is C13H20O5. The van der Waals surface area contributed by atoms with Gasteiger partial charge in [0.25, 0.3) is 0 Å². The molecule has 0 aliphatic carbocycles. The number of esters is 1. The molecule has 0 fully saturated rings. The van der Waals surface area contributed by atoms with E-state index in [1.807, 2.05) is 0 Å². The number of rotatable bonds is 7. The second-order valence-electron chi connectivity index (χ2n) is 4.15. The number of hydrogen-bond acceptors (Lipinski definition) is 4. The van der Waals surface area contributed by atoms with Gasteiger partial charge in [-0.1, -0.05) is 25.2 Å². The van der Waals surface area contributed by atoms with E-state index >= 15 is 0 Å². The largest absolute Gasteiger partial charge is 0.481 e. The zero-order valence-electron chi connectivity index (χ0n) is 10.9. The van der Waals surface area contributed by atoms with Gasteiger partial charge in [-0.2, -0.15) is 0 Å². The van der Waals surface area contributed by atoms with Gasteiger partial charge in [0.2, 0.25) is 0 Å². The van der Waals surface area contributed by atoms with Crippen LogP contribution in [-0.2, 0) is 14.3 Å². The standard InChI is InChI=1S/C13H20O5/c1-9(11(14)8-12(15)16)6-4-5-7-10(2)13(17)18-3/h4-5,7,9,11,14H,6,8H2,1-3H3,(H,15,16). The van der Waals surface area contributed by atoms with Gasteiger partial charge in [-0.15, -0.1) is 0 Å². The monoisotopic (exact) mass is 256 g/mol. The molecule has 0 radical (unpaired) electrons. The number of carboxylic acid groups (broad SMARTS) is 1. The number of allylic oxidation sites excluding steroid dienone is 3. The molecule has 0 aliphatic heterocycles. The molecule has 0 heterocycles. The lowest BCUT2D eigenvalue weighted by atomic mass is 9.98. The highest BCUT2D eigenvalue weighted by Crippen LogP contribution is 2.12. The minimum Gasteiger partial charge on any atom is -0.481 e. The highest BCUT2D eigenvalue weighted by molar-refractivity contribution is 5.87. The molecule has 2 atom stereocenters. The fourth-order valence-corrected chi connectivity index (χ4v) is 1.27. The number of carbonyl (C=O) groups excluding carboxylic acids is 1. The smallest absolute Gasteiger partial charge is 0.333 e. The summed E-state index contributed by atoms with van der Waals surface area (Å²) < 4.78 is 4.53. The Morgan fingerprint density at radius 3 is 2.50 bits per heavy atom. The van der Waals surface area contributed by atoms with Crippen molar-refractivity contribution >= 4 is 11.9 Å². The van der Waals surface area contributed by atoms with Crippen LogP contribution in [0.2, 0.25) is 0 Å². The minimum absolute atomic E-state index is 0.149. The lowest BCUT2D eigenvalue weighted by Crippen LogP contribution is -2.20. The molecule has 0 saturated heterocycles. The molecule has 0 saturated carbocycles. The van der Waals surface area contributed by atoms with E-state index in [0.29, 0.717) is 12.0 Å². The van der Waals surface area contributed by atoms with Gasteiger partial charge in [-0.05, 0) is 19.3 Å². The van der Waals surface area contributed by atoms with Crippen molar-refractivity contribution in [2.75, 3.05) is 7.11 Å². The van der Waals surface area contributed by atoms with Gasteiger partial charge in [0.15, 0.2) is 0 Å². The number of aliphatic hydroxyl groups excluding tert-OH is 1. The van der Waals surface area contributed by atoms with Crippen LogP contribution in [0.3, 0.4) is 0 Å². The summed E-state index contributed by atoms with van der Waals surface area (Å²) in [5.74, 6) is -1.55. The molecule has 2 unspecified atom stereocenters. The van der Waals surface area contributed by atoms with Crippen LogP contribution in [-0.4, -0.2) is 35.4 Å². The van der Waals surface area contributed by atoms with Crippen molar-refractivity contribution in [1.82, 2.24) is 0 Å². The highest BCUT2D eigenvalue weighted by atomic mass is 16.5. The van der Waals surface area contributed by atoms with Gasteiger partial charge >= 0.3 is 11.9 Å². The average molecular weight is 256 g/mol. The normalized spacial score (nSPS) is 15.4. The maximum Gasteiger partial charge on any atom is 0.333 e. The first-order valence-corrected chi connectivity index (χ1v) is 5.70. The van der Waals surface area contributed by atoms with Crippen LogP contribution in [0.1, 0.15) is 26.7 Å². The van der Waals surface area contributed by atoms with Crippen LogP contribution in [0.15, 0.2) is 23.8 Å².